The molecule has 2 aromatic rings. The van der Waals surface area contributed by atoms with Gasteiger partial charge in [-0.05, 0) is 42.0 Å². The summed E-state index contributed by atoms with van der Waals surface area (Å²) in [6.45, 7) is 3.64. The number of nitrogens with zero attached hydrogens (tertiary/aromatic N) is 2. The maximum atomic E-state index is 12.1. The first kappa shape index (κ1) is 16.0. The number of aromatic nitrogens is 1. The molecule has 1 aliphatic rings. The minimum absolute atomic E-state index is 0.0813. The normalized spacial score (nSPS) is 14.6. The maximum Gasteiger partial charge on any atom is 0.251 e. The number of hydrogen-bond acceptors (Lipinski definition) is 4. The van der Waals surface area contributed by atoms with Crippen molar-refractivity contribution in [2.45, 2.75) is 6.54 Å². The van der Waals surface area contributed by atoms with E-state index in [-0.39, 0.29) is 5.91 Å². The monoisotopic (exact) mass is 375 g/mol. The van der Waals surface area contributed by atoms with Gasteiger partial charge in [-0.2, -0.15) is 0 Å². The van der Waals surface area contributed by atoms with E-state index in [1.54, 1.807) is 18.3 Å². The van der Waals surface area contributed by atoms with Gasteiger partial charge in [0.15, 0.2) is 0 Å². The van der Waals surface area contributed by atoms with E-state index in [0.29, 0.717) is 12.1 Å². The molecule has 0 spiro atoms. The van der Waals surface area contributed by atoms with Crippen LogP contribution in [0.15, 0.2) is 47.1 Å². The lowest BCUT2D eigenvalue weighted by Gasteiger charge is -2.28. The van der Waals surface area contributed by atoms with Gasteiger partial charge in [-0.3, -0.25) is 4.79 Å². The predicted octanol–water partition coefficient (Wildman–Crippen LogP) is 2.61. The first-order valence-corrected chi connectivity index (χ1v) is 8.33. The smallest absolute Gasteiger partial charge is 0.251 e. The van der Waals surface area contributed by atoms with Gasteiger partial charge >= 0.3 is 0 Å². The summed E-state index contributed by atoms with van der Waals surface area (Å²) in [5.41, 5.74) is 1.68. The zero-order chi connectivity index (χ0) is 16.1. The molecule has 23 heavy (non-hydrogen) atoms. The third-order valence-electron chi connectivity index (χ3n) is 3.70. The highest BCUT2D eigenvalue weighted by Gasteiger charge is 2.13. The molecule has 1 N–H and O–H groups in total. The minimum atomic E-state index is -0.0813. The first-order chi connectivity index (χ1) is 11.2. The van der Waals surface area contributed by atoms with Crippen LogP contribution in [0.4, 0.5) is 5.82 Å². The minimum Gasteiger partial charge on any atom is -0.378 e. The number of hydrogen-bond donors (Lipinski definition) is 1. The molecular weight excluding hydrogens is 358 g/mol. The summed E-state index contributed by atoms with van der Waals surface area (Å²) in [6, 6.07) is 11.3. The van der Waals surface area contributed by atoms with Gasteiger partial charge in [0, 0.05) is 35.9 Å². The van der Waals surface area contributed by atoms with Crippen molar-refractivity contribution < 1.29 is 9.53 Å². The largest absolute Gasteiger partial charge is 0.378 e. The van der Waals surface area contributed by atoms with Gasteiger partial charge < -0.3 is 15.0 Å². The van der Waals surface area contributed by atoms with Crippen molar-refractivity contribution in [1.29, 1.82) is 0 Å². The van der Waals surface area contributed by atoms with Crippen LogP contribution in [0.25, 0.3) is 0 Å². The number of halogens is 1. The topological polar surface area (TPSA) is 54.5 Å². The van der Waals surface area contributed by atoms with E-state index in [1.165, 1.54) is 0 Å². The number of ether oxygens (including phenoxy) is 1. The number of pyridine rings is 1. The van der Waals surface area contributed by atoms with Gasteiger partial charge in [-0.25, -0.2) is 4.98 Å². The van der Waals surface area contributed by atoms with E-state index >= 15 is 0 Å². The molecule has 6 heteroatoms. The molecule has 1 aromatic heterocycles. The molecule has 120 valence electrons. The van der Waals surface area contributed by atoms with Crippen LogP contribution in [0.2, 0.25) is 0 Å². The van der Waals surface area contributed by atoms with E-state index in [0.717, 1.165) is 42.2 Å². The van der Waals surface area contributed by atoms with Crippen molar-refractivity contribution >= 4 is 27.7 Å². The van der Waals surface area contributed by atoms with Gasteiger partial charge in [-0.1, -0.05) is 15.9 Å². The van der Waals surface area contributed by atoms with E-state index in [1.807, 2.05) is 24.3 Å². The molecule has 1 aliphatic heterocycles. The van der Waals surface area contributed by atoms with Crippen LogP contribution in [0.5, 0.6) is 0 Å². The molecule has 0 aliphatic carbocycles. The molecule has 5 nitrogen and oxygen atoms in total. The lowest BCUT2D eigenvalue weighted by molar-refractivity contribution is 0.0951. The summed E-state index contributed by atoms with van der Waals surface area (Å²) in [5, 5.41) is 2.94. The summed E-state index contributed by atoms with van der Waals surface area (Å²) in [7, 11) is 0. The fraction of sp³-hybridized carbons (Fsp3) is 0.294. The standard InChI is InChI=1S/C17H18BrN3O2/c18-15-3-1-14(2-4-15)17(22)20-12-13-5-6-19-16(11-13)21-7-9-23-10-8-21/h1-6,11H,7-10,12H2,(H,20,22). The van der Waals surface area contributed by atoms with Crippen LogP contribution < -0.4 is 10.2 Å². The molecule has 0 unspecified atom stereocenters. The summed E-state index contributed by atoms with van der Waals surface area (Å²) < 4.78 is 6.31. The van der Waals surface area contributed by atoms with Crippen LogP contribution in [-0.4, -0.2) is 37.2 Å². The van der Waals surface area contributed by atoms with Gasteiger partial charge in [0.2, 0.25) is 0 Å². The fourth-order valence-electron chi connectivity index (χ4n) is 2.42. The average Bonchev–Trinajstić information content (AvgIpc) is 2.61. The number of nitrogens with one attached hydrogen (secondary N) is 1. The summed E-state index contributed by atoms with van der Waals surface area (Å²) in [5.74, 6) is 0.853. The van der Waals surface area contributed by atoms with Crippen LogP contribution in [0.1, 0.15) is 15.9 Å². The Morgan fingerprint density at radius 1 is 1.22 bits per heavy atom. The number of benzene rings is 1. The third kappa shape index (κ3) is 4.30. The molecule has 1 saturated heterocycles. The number of carbonyl (C=O) groups is 1. The second kappa shape index (κ2) is 7.57. The molecular formula is C17H18BrN3O2. The Kier molecular flexibility index (Phi) is 5.25. The Balaban J connectivity index is 1.61. The van der Waals surface area contributed by atoms with E-state index in [4.69, 9.17) is 4.74 Å². The van der Waals surface area contributed by atoms with E-state index in [2.05, 4.69) is 31.1 Å². The predicted molar refractivity (Wildman–Crippen MR) is 92.6 cm³/mol. The van der Waals surface area contributed by atoms with Gasteiger partial charge in [0.25, 0.3) is 5.91 Å². The molecule has 3 rings (SSSR count). The highest BCUT2D eigenvalue weighted by molar-refractivity contribution is 9.10. The van der Waals surface area contributed by atoms with Gasteiger partial charge in [-0.15, -0.1) is 0 Å². The van der Waals surface area contributed by atoms with Crippen LogP contribution >= 0.6 is 15.9 Å². The van der Waals surface area contributed by atoms with Crippen molar-refractivity contribution in [1.82, 2.24) is 10.3 Å². The van der Waals surface area contributed by atoms with Crippen LogP contribution in [-0.2, 0) is 11.3 Å². The SMILES string of the molecule is O=C(NCc1ccnc(N2CCOCC2)c1)c1ccc(Br)cc1. The van der Waals surface area contributed by atoms with Crippen molar-refractivity contribution in [3.63, 3.8) is 0 Å². The number of amides is 1. The first-order valence-electron chi connectivity index (χ1n) is 7.54. The molecule has 0 radical (unpaired) electrons. The molecule has 2 heterocycles. The summed E-state index contributed by atoms with van der Waals surface area (Å²) >= 11 is 3.36. The van der Waals surface area contributed by atoms with E-state index < -0.39 is 0 Å². The van der Waals surface area contributed by atoms with Gasteiger partial charge in [0.05, 0.1) is 13.2 Å². The maximum absolute atomic E-state index is 12.1. The Hall–Kier alpha value is -1.92. The number of rotatable bonds is 4. The summed E-state index contributed by atoms with van der Waals surface area (Å²) in [4.78, 5) is 18.8. The molecule has 0 saturated carbocycles. The van der Waals surface area contributed by atoms with Crippen molar-refractivity contribution in [3.8, 4) is 0 Å². The lowest BCUT2D eigenvalue weighted by Crippen LogP contribution is -2.36. The van der Waals surface area contributed by atoms with Crippen molar-refractivity contribution in [2.24, 2.45) is 0 Å². The highest BCUT2D eigenvalue weighted by Crippen LogP contribution is 2.15. The molecule has 0 atom stereocenters. The lowest BCUT2D eigenvalue weighted by atomic mass is 10.2. The molecule has 1 fully saturated rings. The molecule has 1 aromatic carbocycles. The van der Waals surface area contributed by atoms with Gasteiger partial charge in [0.1, 0.15) is 5.82 Å². The molecule has 0 bridgehead atoms. The highest BCUT2D eigenvalue weighted by atomic mass is 79.9. The number of morpholine rings is 1. The van der Waals surface area contributed by atoms with E-state index in [9.17, 15) is 4.79 Å². The third-order valence-corrected chi connectivity index (χ3v) is 4.23. The molecule has 1 amide bonds. The Morgan fingerprint density at radius 2 is 1.96 bits per heavy atom. The number of carbonyl (C=O) groups excluding carboxylic acids is 1. The van der Waals surface area contributed by atoms with Crippen LogP contribution in [0, 0.1) is 0 Å². The second-order valence-electron chi connectivity index (χ2n) is 5.31. The van der Waals surface area contributed by atoms with Crippen molar-refractivity contribution in [3.05, 3.63) is 58.2 Å². The quantitative estimate of drug-likeness (QED) is 0.892. The fourth-order valence-corrected chi connectivity index (χ4v) is 2.69. The van der Waals surface area contributed by atoms with Crippen molar-refractivity contribution in [2.75, 3.05) is 31.2 Å². The zero-order valence-corrected chi connectivity index (χ0v) is 14.3. The second-order valence-corrected chi connectivity index (χ2v) is 6.23. The number of anilines is 1. The average molecular weight is 376 g/mol. The Morgan fingerprint density at radius 3 is 2.70 bits per heavy atom. The zero-order valence-electron chi connectivity index (χ0n) is 12.7. The summed E-state index contributed by atoms with van der Waals surface area (Å²) in [6.07, 6.45) is 1.78. The Bertz CT molecular complexity index is 670. The Labute approximate surface area is 143 Å². The van der Waals surface area contributed by atoms with Crippen LogP contribution in [0.3, 0.4) is 0 Å².